The molecule has 1 aliphatic carbocycles. The minimum Gasteiger partial charge on any atom is -0.310 e. The lowest BCUT2D eigenvalue weighted by Gasteiger charge is -2.19. The predicted octanol–water partition coefficient (Wildman–Crippen LogP) is 2.22. The van der Waals surface area contributed by atoms with Gasteiger partial charge in [0.25, 0.3) is 0 Å². The van der Waals surface area contributed by atoms with Gasteiger partial charge in [0, 0.05) is 26.2 Å². The Labute approximate surface area is 122 Å². The maximum atomic E-state index is 12.4. The average Bonchev–Trinajstić information content (AvgIpc) is 3.20. The van der Waals surface area contributed by atoms with Gasteiger partial charge in [-0.2, -0.15) is 0 Å². The highest BCUT2D eigenvalue weighted by Gasteiger charge is 2.22. The molecule has 0 saturated heterocycles. The third kappa shape index (κ3) is 4.04. The second-order valence-corrected chi connectivity index (χ2v) is 8.02. The van der Waals surface area contributed by atoms with Crippen molar-refractivity contribution in [1.82, 2.24) is 9.62 Å². The lowest BCUT2D eigenvalue weighted by atomic mass is 10.2. The summed E-state index contributed by atoms with van der Waals surface area (Å²) < 4.78 is 26.2. The van der Waals surface area contributed by atoms with E-state index in [2.05, 4.69) is 5.32 Å². The van der Waals surface area contributed by atoms with Gasteiger partial charge in [-0.1, -0.05) is 26.0 Å². The molecule has 0 bridgehead atoms. The molecule has 5 heteroatoms. The Kier molecular flexibility index (Phi) is 4.83. The molecule has 0 unspecified atom stereocenters. The first-order chi connectivity index (χ1) is 9.39. The van der Waals surface area contributed by atoms with E-state index in [1.54, 1.807) is 19.2 Å². The minimum atomic E-state index is -3.36. The van der Waals surface area contributed by atoms with Gasteiger partial charge in [-0.25, -0.2) is 12.7 Å². The molecule has 0 atom stereocenters. The fourth-order valence-electron chi connectivity index (χ4n) is 2.12. The zero-order valence-electron chi connectivity index (χ0n) is 12.5. The van der Waals surface area contributed by atoms with Crippen LogP contribution in [0.15, 0.2) is 29.2 Å². The molecular formula is C15H24N2O2S. The summed E-state index contributed by atoms with van der Waals surface area (Å²) in [7, 11) is -1.72. The standard InChI is InChI=1S/C15H24N2O2S/c1-12(2)11-17(3)20(18,19)15-8-4-13(5-9-15)10-16-14-6-7-14/h4-5,8-9,12,14,16H,6-7,10-11H2,1-3H3. The van der Waals surface area contributed by atoms with Crippen molar-refractivity contribution < 1.29 is 8.42 Å². The van der Waals surface area contributed by atoms with E-state index in [0.29, 0.717) is 23.4 Å². The monoisotopic (exact) mass is 296 g/mol. The third-order valence-electron chi connectivity index (χ3n) is 3.43. The number of nitrogens with zero attached hydrogens (tertiary/aromatic N) is 1. The van der Waals surface area contributed by atoms with Crippen LogP contribution in [0.5, 0.6) is 0 Å². The van der Waals surface area contributed by atoms with Crippen LogP contribution in [0.4, 0.5) is 0 Å². The molecule has 0 heterocycles. The molecule has 20 heavy (non-hydrogen) atoms. The third-order valence-corrected chi connectivity index (χ3v) is 5.26. The van der Waals surface area contributed by atoms with Crippen LogP contribution < -0.4 is 5.32 Å². The van der Waals surface area contributed by atoms with E-state index in [1.807, 2.05) is 26.0 Å². The number of rotatable bonds is 7. The zero-order chi connectivity index (χ0) is 14.8. The average molecular weight is 296 g/mol. The Bertz CT molecular complexity index is 533. The predicted molar refractivity (Wildman–Crippen MR) is 81.0 cm³/mol. The van der Waals surface area contributed by atoms with E-state index in [1.165, 1.54) is 17.1 Å². The SMILES string of the molecule is CC(C)CN(C)S(=O)(=O)c1ccc(CNC2CC2)cc1. The first-order valence-corrected chi connectivity index (χ1v) is 8.62. The Morgan fingerprint density at radius 3 is 2.35 bits per heavy atom. The van der Waals surface area contributed by atoms with Gasteiger partial charge in [-0.3, -0.25) is 0 Å². The van der Waals surface area contributed by atoms with Gasteiger partial charge in [0.05, 0.1) is 4.90 Å². The van der Waals surface area contributed by atoms with Crippen molar-refractivity contribution in [1.29, 1.82) is 0 Å². The fraction of sp³-hybridized carbons (Fsp3) is 0.600. The fourth-order valence-corrected chi connectivity index (χ4v) is 3.46. The number of benzene rings is 1. The van der Waals surface area contributed by atoms with E-state index >= 15 is 0 Å². The maximum absolute atomic E-state index is 12.4. The van der Waals surface area contributed by atoms with Crippen LogP contribution in [0.25, 0.3) is 0 Å². The van der Waals surface area contributed by atoms with Crippen LogP contribution in [-0.2, 0) is 16.6 Å². The summed E-state index contributed by atoms with van der Waals surface area (Å²) in [6, 6.07) is 7.86. The van der Waals surface area contributed by atoms with E-state index in [0.717, 1.165) is 12.1 Å². The van der Waals surface area contributed by atoms with Crippen LogP contribution in [0.3, 0.4) is 0 Å². The van der Waals surface area contributed by atoms with Crippen LogP contribution in [0, 0.1) is 5.92 Å². The van der Waals surface area contributed by atoms with Gasteiger partial charge < -0.3 is 5.32 Å². The molecule has 1 aromatic rings. The van der Waals surface area contributed by atoms with Crippen molar-refractivity contribution in [3.8, 4) is 0 Å². The van der Waals surface area contributed by atoms with Gasteiger partial charge in [0.2, 0.25) is 10.0 Å². The Morgan fingerprint density at radius 2 is 1.85 bits per heavy atom. The quantitative estimate of drug-likeness (QED) is 0.839. The molecule has 1 aliphatic rings. The summed E-state index contributed by atoms with van der Waals surface area (Å²) in [5, 5.41) is 3.42. The van der Waals surface area contributed by atoms with E-state index in [-0.39, 0.29) is 0 Å². The van der Waals surface area contributed by atoms with Gasteiger partial charge in [-0.15, -0.1) is 0 Å². The molecule has 0 amide bonds. The maximum Gasteiger partial charge on any atom is 0.242 e. The lowest BCUT2D eigenvalue weighted by molar-refractivity contribution is 0.417. The number of hydrogen-bond donors (Lipinski definition) is 1. The number of nitrogens with one attached hydrogen (secondary N) is 1. The number of hydrogen-bond acceptors (Lipinski definition) is 3. The normalized spacial score (nSPS) is 16.1. The van der Waals surface area contributed by atoms with Crippen molar-refractivity contribution in [3.05, 3.63) is 29.8 Å². The van der Waals surface area contributed by atoms with Crippen molar-refractivity contribution in [2.45, 2.75) is 44.2 Å². The molecule has 1 aromatic carbocycles. The van der Waals surface area contributed by atoms with Crippen LogP contribution in [-0.4, -0.2) is 32.4 Å². The summed E-state index contributed by atoms with van der Waals surface area (Å²) in [5.41, 5.74) is 1.13. The summed E-state index contributed by atoms with van der Waals surface area (Å²) in [5.74, 6) is 0.316. The second kappa shape index (κ2) is 6.24. The minimum absolute atomic E-state index is 0.316. The first kappa shape index (κ1) is 15.5. The van der Waals surface area contributed by atoms with Crippen LogP contribution >= 0.6 is 0 Å². The molecule has 2 rings (SSSR count). The highest BCUT2D eigenvalue weighted by atomic mass is 32.2. The molecule has 0 spiro atoms. The molecule has 4 nitrogen and oxygen atoms in total. The molecule has 112 valence electrons. The lowest BCUT2D eigenvalue weighted by Crippen LogP contribution is -2.30. The highest BCUT2D eigenvalue weighted by Crippen LogP contribution is 2.20. The molecule has 0 radical (unpaired) electrons. The van der Waals surface area contributed by atoms with E-state index in [4.69, 9.17) is 0 Å². The zero-order valence-corrected chi connectivity index (χ0v) is 13.3. The van der Waals surface area contributed by atoms with E-state index < -0.39 is 10.0 Å². The van der Waals surface area contributed by atoms with Gasteiger partial charge >= 0.3 is 0 Å². The van der Waals surface area contributed by atoms with E-state index in [9.17, 15) is 8.42 Å². The summed E-state index contributed by atoms with van der Waals surface area (Å²) in [6.07, 6.45) is 2.51. The molecule has 1 fully saturated rings. The van der Waals surface area contributed by atoms with Crippen molar-refractivity contribution >= 4 is 10.0 Å². The Balaban J connectivity index is 2.03. The summed E-state index contributed by atoms with van der Waals surface area (Å²) in [6.45, 7) is 5.37. The molecule has 1 N–H and O–H groups in total. The molecular weight excluding hydrogens is 272 g/mol. The van der Waals surface area contributed by atoms with Crippen LogP contribution in [0.1, 0.15) is 32.3 Å². The topological polar surface area (TPSA) is 49.4 Å². The molecule has 1 saturated carbocycles. The van der Waals surface area contributed by atoms with Gasteiger partial charge in [0.1, 0.15) is 0 Å². The van der Waals surface area contributed by atoms with Crippen molar-refractivity contribution in [3.63, 3.8) is 0 Å². The smallest absolute Gasteiger partial charge is 0.242 e. The van der Waals surface area contributed by atoms with Crippen molar-refractivity contribution in [2.75, 3.05) is 13.6 Å². The first-order valence-electron chi connectivity index (χ1n) is 7.18. The number of sulfonamides is 1. The Hall–Kier alpha value is -0.910. The van der Waals surface area contributed by atoms with Crippen molar-refractivity contribution in [2.24, 2.45) is 5.92 Å². The van der Waals surface area contributed by atoms with Crippen LogP contribution in [0.2, 0.25) is 0 Å². The largest absolute Gasteiger partial charge is 0.310 e. The highest BCUT2D eigenvalue weighted by molar-refractivity contribution is 7.89. The summed E-state index contributed by atoms with van der Waals surface area (Å²) in [4.78, 5) is 0.371. The summed E-state index contributed by atoms with van der Waals surface area (Å²) >= 11 is 0. The Morgan fingerprint density at radius 1 is 1.25 bits per heavy atom. The van der Waals surface area contributed by atoms with Gasteiger partial charge in [-0.05, 0) is 36.5 Å². The van der Waals surface area contributed by atoms with Gasteiger partial charge in [0.15, 0.2) is 0 Å². The molecule has 0 aromatic heterocycles. The molecule has 0 aliphatic heterocycles. The second-order valence-electron chi connectivity index (χ2n) is 5.98.